The number of aliphatic carboxylic acids is 1. The van der Waals surface area contributed by atoms with Gasteiger partial charge in [-0.15, -0.1) is 0 Å². The number of carbonyl (C=O) groups is 2. The predicted octanol–water partition coefficient (Wildman–Crippen LogP) is -0.882. The number of sulfone groups is 1. The second-order valence-corrected chi connectivity index (χ2v) is 7.34. The lowest BCUT2D eigenvalue weighted by molar-refractivity contribution is -0.141. The average molecular weight is 292 g/mol. The topological polar surface area (TPSA) is 127 Å². The number of amides is 1. The van der Waals surface area contributed by atoms with Gasteiger partial charge in [0, 0.05) is 12.3 Å². The van der Waals surface area contributed by atoms with Crippen LogP contribution in [0.1, 0.15) is 25.7 Å². The van der Waals surface area contributed by atoms with Gasteiger partial charge in [0.1, 0.15) is 9.84 Å². The van der Waals surface area contributed by atoms with Crippen LogP contribution in [0.15, 0.2) is 0 Å². The number of nitrogens with two attached hydrogens (primary N) is 1. The van der Waals surface area contributed by atoms with Gasteiger partial charge >= 0.3 is 5.97 Å². The zero-order chi connectivity index (χ0) is 14.6. The van der Waals surface area contributed by atoms with Crippen LogP contribution in [0.5, 0.6) is 0 Å². The lowest BCUT2D eigenvalue weighted by atomic mass is 10.1. The van der Waals surface area contributed by atoms with Gasteiger partial charge in [-0.2, -0.15) is 0 Å². The van der Waals surface area contributed by atoms with Crippen LogP contribution in [0.2, 0.25) is 0 Å². The fraction of sp³-hybridized carbons (Fsp3) is 0.818. The van der Waals surface area contributed by atoms with Crippen molar-refractivity contribution in [3.05, 3.63) is 0 Å². The van der Waals surface area contributed by atoms with Gasteiger partial charge in [-0.05, 0) is 25.7 Å². The number of hydrogen-bond donors (Lipinski definition) is 3. The summed E-state index contributed by atoms with van der Waals surface area (Å²) in [7, 11) is -3.14. The molecule has 0 aromatic rings. The molecule has 1 saturated carbocycles. The zero-order valence-electron chi connectivity index (χ0n) is 10.8. The third-order valence-electron chi connectivity index (χ3n) is 3.26. The van der Waals surface area contributed by atoms with Crippen molar-refractivity contribution in [1.82, 2.24) is 5.32 Å². The number of hydrogen-bond acceptors (Lipinski definition) is 5. The van der Waals surface area contributed by atoms with E-state index in [4.69, 9.17) is 10.8 Å². The molecule has 0 aromatic heterocycles. The van der Waals surface area contributed by atoms with Crippen LogP contribution in [-0.4, -0.2) is 49.5 Å². The number of carbonyl (C=O) groups excluding carboxylic acids is 1. The van der Waals surface area contributed by atoms with E-state index in [1.165, 1.54) is 0 Å². The second kappa shape index (κ2) is 6.33. The molecule has 0 spiro atoms. The van der Waals surface area contributed by atoms with Crippen LogP contribution < -0.4 is 11.1 Å². The monoisotopic (exact) mass is 292 g/mol. The first-order valence-electron chi connectivity index (χ1n) is 6.15. The van der Waals surface area contributed by atoms with Crippen molar-refractivity contribution in [2.24, 2.45) is 11.7 Å². The Labute approximate surface area is 112 Å². The molecule has 4 N–H and O–H groups in total. The quantitative estimate of drug-likeness (QED) is 0.583. The molecule has 1 unspecified atom stereocenters. The van der Waals surface area contributed by atoms with Gasteiger partial charge in [0.15, 0.2) is 0 Å². The maximum atomic E-state index is 11.7. The highest BCUT2D eigenvalue weighted by Crippen LogP contribution is 2.25. The number of carboxylic acids is 1. The minimum absolute atomic E-state index is 0.0692. The van der Waals surface area contributed by atoms with E-state index in [1.54, 1.807) is 0 Å². The normalized spacial score (nSPS) is 24.9. The Morgan fingerprint density at radius 3 is 2.53 bits per heavy atom. The maximum absolute atomic E-state index is 11.7. The van der Waals surface area contributed by atoms with Crippen LogP contribution in [0.3, 0.4) is 0 Å². The van der Waals surface area contributed by atoms with E-state index in [-0.39, 0.29) is 18.2 Å². The fourth-order valence-corrected chi connectivity index (χ4v) is 2.80. The molecule has 1 aliphatic carbocycles. The minimum Gasteiger partial charge on any atom is -0.481 e. The van der Waals surface area contributed by atoms with E-state index in [0.29, 0.717) is 19.3 Å². The number of rotatable bonds is 6. The fourth-order valence-electron chi connectivity index (χ4n) is 2.12. The first-order chi connectivity index (χ1) is 8.69. The molecule has 0 aliphatic heterocycles. The standard InChI is InChI=1S/C11H20N2O5S/c1-19(17,18)5-4-9(12)10(14)13-8-3-2-7(6-8)11(15)16/h7-9H,2-6,12H2,1H3,(H,13,14)(H,15,16)/t7-,8+,9?/m1/s1. The molecule has 0 radical (unpaired) electrons. The first-order valence-corrected chi connectivity index (χ1v) is 8.21. The molecule has 3 atom stereocenters. The Balaban J connectivity index is 2.37. The van der Waals surface area contributed by atoms with Crippen molar-refractivity contribution in [2.75, 3.05) is 12.0 Å². The summed E-state index contributed by atoms with van der Waals surface area (Å²) in [5.74, 6) is -1.82. The molecule has 0 aromatic carbocycles. The van der Waals surface area contributed by atoms with Gasteiger partial charge < -0.3 is 16.2 Å². The molecule has 0 heterocycles. The third-order valence-corrected chi connectivity index (χ3v) is 4.24. The summed E-state index contributed by atoms with van der Waals surface area (Å²) in [6.07, 6.45) is 2.71. The molecule has 1 fully saturated rings. The maximum Gasteiger partial charge on any atom is 0.306 e. The van der Waals surface area contributed by atoms with Crippen molar-refractivity contribution in [2.45, 2.75) is 37.8 Å². The molecule has 0 bridgehead atoms. The van der Waals surface area contributed by atoms with Crippen LogP contribution >= 0.6 is 0 Å². The third kappa shape index (κ3) is 5.56. The zero-order valence-corrected chi connectivity index (χ0v) is 11.6. The van der Waals surface area contributed by atoms with E-state index < -0.39 is 33.7 Å². The molecule has 1 aliphatic rings. The molecular formula is C11H20N2O5S. The summed E-state index contributed by atoms with van der Waals surface area (Å²) in [4.78, 5) is 22.5. The molecular weight excluding hydrogens is 272 g/mol. The Morgan fingerprint density at radius 1 is 1.42 bits per heavy atom. The van der Waals surface area contributed by atoms with Crippen LogP contribution in [0.4, 0.5) is 0 Å². The van der Waals surface area contributed by atoms with Crippen molar-refractivity contribution in [3.8, 4) is 0 Å². The summed E-state index contributed by atoms with van der Waals surface area (Å²) < 4.78 is 21.9. The van der Waals surface area contributed by atoms with Gasteiger partial charge in [0.25, 0.3) is 0 Å². The molecule has 1 amide bonds. The highest BCUT2D eigenvalue weighted by Gasteiger charge is 2.31. The molecule has 19 heavy (non-hydrogen) atoms. The van der Waals surface area contributed by atoms with Crippen molar-refractivity contribution >= 4 is 21.7 Å². The summed E-state index contributed by atoms with van der Waals surface area (Å²) >= 11 is 0. The highest BCUT2D eigenvalue weighted by molar-refractivity contribution is 7.90. The Hall–Kier alpha value is -1.15. The second-order valence-electron chi connectivity index (χ2n) is 5.08. The highest BCUT2D eigenvalue weighted by atomic mass is 32.2. The predicted molar refractivity (Wildman–Crippen MR) is 69.2 cm³/mol. The van der Waals surface area contributed by atoms with E-state index >= 15 is 0 Å². The summed E-state index contributed by atoms with van der Waals surface area (Å²) in [5, 5.41) is 11.5. The average Bonchev–Trinajstić information content (AvgIpc) is 2.73. The van der Waals surface area contributed by atoms with Gasteiger partial charge in [-0.1, -0.05) is 0 Å². The Bertz CT molecular complexity index is 448. The summed E-state index contributed by atoms with van der Waals surface area (Å²) in [5.41, 5.74) is 5.60. The summed E-state index contributed by atoms with van der Waals surface area (Å²) in [6.45, 7) is 0. The minimum atomic E-state index is -3.14. The van der Waals surface area contributed by atoms with Gasteiger partial charge in [0.2, 0.25) is 5.91 Å². The van der Waals surface area contributed by atoms with Gasteiger partial charge in [0.05, 0.1) is 17.7 Å². The van der Waals surface area contributed by atoms with Crippen LogP contribution in [0, 0.1) is 5.92 Å². The van der Waals surface area contributed by atoms with Crippen molar-refractivity contribution in [3.63, 3.8) is 0 Å². The Morgan fingerprint density at radius 2 is 2.05 bits per heavy atom. The number of carboxylic acid groups (broad SMARTS) is 1. The smallest absolute Gasteiger partial charge is 0.306 e. The lowest BCUT2D eigenvalue weighted by Crippen LogP contribution is -2.45. The largest absolute Gasteiger partial charge is 0.481 e. The van der Waals surface area contributed by atoms with E-state index in [1.807, 2.05) is 0 Å². The molecule has 110 valence electrons. The van der Waals surface area contributed by atoms with Gasteiger partial charge in [-0.3, -0.25) is 9.59 Å². The SMILES string of the molecule is CS(=O)(=O)CCC(N)C(=O)N[C@H]1CC[C@@H](C(=O)O)C1. The summed E-state index contributed by atoms with van der Waals surface area (Å²) in [6, 6.07) is -1.06. The molecule has 8 heteroatoms. The molecule has 0 saturated heterocycles. The molecule has 7 nitrogen and oxygen atoms in total. The van der Waals surface area contributed by atoms with Crippen LogP contribution in [-0.2, 0) is 19.4 Å². The first kappa shape index (κ1) is 15.9. The lowest BCUT2D eigenvalue weighted by Gasteiger charge is -2.16. The van der Waals surface area contributed by atoms with E-state index in [2.05, 4.69) is 5.32 Å². The van der Waals surface area contributed by atoms with Crippen molar-refractivity contribution < 1.29 is 23.1 Å². The van der Waals surface area contributed by atoms with E-state index in [0.717, 1.165) is 6.26 Å². The Kier molecular flexibility index (Phi) is 5.30. The van der Waals surface area contributed by atoms with Crippen molar-refractivity contribution in [1.29, 1.82) is 0 Å². The van der Waals surface area contributed by atoms with Crippen LogP contribution in [0.25, 0.3) is 0 Å². The number of nitrogens with one attached hydrogen (secondary N) is 1. The molecule has 1 rings (SSSR count). The van der Waals surface area contributed by atoms with Gasteiger partial charge in [-0.25, -0.2) is 8.42 Å². The van der Waals surface area contributed by atoms with E-state index in [9.17, 15) is 18.0 Å².